The van der Waals surface area contributed by atoms with E-state index in [2.05, 4.69) is 5.32 Å². The maximum Gasteiger partial charge on any atom is 0.339 e. The molecule has 24 heavy (non-hydrogen) atoms. The molecule has 0 unspecified atom stereocenters. The molecule has 1 aromatic carbocycles. The number of aryl methyl sites for hydroxylation is 2. The molecule has 1 aromatic heterocycles. The molecule has 128 valence electrons. The van der Waals surface area contributed by atoms with Crippen LogP contribution in [0.5, 0.6) is 5.75 Å². The standard InChI is InChI=1S/C18H21NO4S/c1-12-10-16(13(2)24-12)18(21)23-11-17(20)19-9-8-14-4-6-15(22-3)7-5-14/h4-7,10H,8-9,11H2,1-3H3,(H,19,20). The third-order valence-electron chi connectivity index (χ3n) is 3.49. The Bertz CT molecular complexity index is 706. The number of carbonyl (C=O) groups excluding carboxylic acids is 2. The van der Waals surface area contributed by atoms with Crippen molar-refractivity contribution in [3.05, 3.63) is 51.2 Å². The lowest BCUT2D eigenvalue weighted by Gasteiger charge is -2.07. The van der Waals surface area contributed by atoms with Gasteiger partial charge in [0.05, 0.1) is 12.7 Å². The molecule has 0 atom stereocenters. The first-order chi connectivity index (χ1) is 11.5. The quantitative estimate of drug-likeness (QED) is 0.782. The molecule has 0 radical (unpaired) electrons. The number of hydrogen-bond acceptors (Lipinski definition) is 5. The molecule has 0 aliphatic rings. The molecule has 0 saturated carbocycles. The van der Waals surface area contributed by atoms with Crippen molar-refractivity contribution in [2.75, 3.05) is 20.3 Å². The summed E-state index contributed by atoms with van der Waals surface area (Å²) in [5.41, 5.74) is 1.63. The Morgan fingerprint density at radius 1 is 1.17 bits per heavy atom. The van der Waals surface area contributed by atoms with Crippen LogP contribution in [-0.4, -0.2) is 32.1 Å². The van der Waals surface area contributed by atoms with Gasteiger partial charge < -0.3 is 14.8 Å². The number of thiophene rings is 1. The van der Waals surface area contributed by atoms with Gasteiger partial charge in [-0.2, -0.15) is 0 Å². The topological polar surface area (TPSA) is 64.6 Å². The Balaban J connectivity index is 1.71. The fourth-order valence-electron chi connectivity index (χ4n) is 2.23. The van der Waals surface area contributed by atoms with Crippen molar-refractivity contribution >= 4 is 23.2 Å². The number of methoxy groups -OCH3 is 1. The van der Waals surface area contributed by atoms with Gasteiger partial charge >= 0.3 is 5.97 Å². The van der Waals surface area contributed by atoms with Gasteiger partial charge in [0.1, 0.15) is 5.75 Å². The Morgan fingerprint density at radius 3 is 2.46 bits per heavy atom. The number of rotatable bonds is 7. The van der Waals surface area contributed by atoms with E-state index >= 15 is 0 Å². The minimum Gasteiger partial charge on any atom is -0.497 e. The van der Waals surface area contributed by atoms with Crippen molar-refractivity contribution in [2.24, 2.45) is 0 Å². The first kappa shape index (κ1) is 18.0. The van der Waals surface area contributed by atoms with Crippen molar-refractivity contribution < 1.29 is 19.1 Å². The molecule has 0 fully saturated rings. The van der Waals surface area contributed by atoms with Crippen LogP contribution in [0.25, 0.3) is 0 Å². The molecule has 0 aliphatic carbocycles. The molecule has 0 saturated heterocycles. The Labute approximate surface area is 145 Å². The monoisotopic (exact) mass is 347 g/mol. The van der Waals surface area contributed by atoms with Crippen LogP contribution < -0.4 is 10.1 Å². The summed E-state index contributed by atoms with van der Waals surface area (Å²) in [6, 6.07) is 9.44. The van der Waals surface area contributed by atoms with Gasteiger partial charge in [-0.1, -0.05) is 12.1 Å². The van der Waals surface area contributed by atoms with Gasteiger partial charge in [0.2, 0.25) is 0 Å². The lowest BCUT2D eigenvalue weighted by atomic mass is 10.1. The molecule has 6 heteroatoms. The first-order valence-corrected chi connectivity index (χ1v) is 8.45. The molecule has 0 bridgehead atoms. The largest absolute Gasteiger partial charge is 0.497 e. The smallest absolute Gasteiger partial charge is 0.339 e. The second kappa shape index (κ2) is 8.49. The van der Waals surface area contributed by atoms with Gasteiger partial charge in [-0.25, -0.2) is 4.79 Å². The average Bonchev–Trinajstić information content (AvgIpc) is 2.92. The number of carbonyl (C=O) groups is 2. The van der Waals surface area contributed by atoms with Gasteiger partial charge in [-0.3, -0.25) is 4.79 Å². The number of benzene rings is 1. The fraction of sp³-hybridized carbons (Fsp3) is 0.333. The molecule has 1 N–H and O–H groups in total. The van der Waals surface area contributed by atoms with Crippen LogP contribution in [0.2, 0.25) is 0 Å². The van der Waals surface area contributed by atoms with Gasteiger partial charge in [-0.05, 0) is 44.0 Å². The Hall–Kier alpha value is -2.34. The van der Waals surface area contributed by atoms with Crippen LogP contribution >= 0.6 is 11.3 Å². The third kappa shape index (κ3) is 5.09. The predicted molar refractivity (Wildman–Crippen MR) is 93.8 cm³/mol. The molecule has 5 nitrogen and oxygen atoms in total. The van der Waals surface area contributed by atoms with Gasteiger partial charge in [-0.15, -0.1) is 11.3 Å². The van der Waals surface area contributed by atoms with Crippen LogP contribution in [0.3, 0.4) is 0 Å². The highest BCUT2D eigenvalue weighted by Gasteiger charge is 2.14. The summed E-state index contributed by atoms with van der Waals surface area (Å²) in [6.45, 7) is 4.01. The Kier molecular flexibility index (Phi) is 6.37. The number of amides is 1. The summed E-state index contributed by atoms with van der Waals surface area (Å²) in [5, 5.41) is 2.74. The van der Waals surface area contributed by atoms with Crippen molar-refractivity contribution in [3.63, 3.8) is 0 Å². The van der Waals surface area contributed by atoms with Crippen LogP contribution in [0.15, 0.2) is 30.3 Å². The summed E-state index contributed by atoms with van der Waals surface area (Å²) >= 11 is 1.54. The zero-order chi connectivity index (χ0) is 17.5. The molecule has 1 heterocycles. The Morgan fingerprint density at radius 2 is 1.88 bits per heavy atom. The number of nitrogens with one attached hydrogen (secondary N) is 1. The highest BCUT2D eigenvalue weighted by molar-refractivity contribution is 7.12. The van der Waals surface area contributed by atoms with E-state index in [0.717, 1.165) is 21.1 Å². The zero-order valence-electron chi connectivity index (χ0n) is 14.0. The molecular weight excluding hydrogens is 326 g/mol. The fourth-order valence-corrected chi connectivity index (χ4v) is 3.14. The average molecular weight is 347 g/mol. The maximum absolute atomic E-state index is 11.9. The highest BCUT2D eigenvalue weighted by Crippen LogP contribution is 2.21. The van der Waals surface area contributed by atoms with Gasteiger partial charge in [0.25, 0.3) is 5.91 Å². The number of esters is 1. The molecular formula is C18H21NO4S. The molecule has 0 aliphatic heterocycles. The highest BCUT2D eigenvalue weighted by atomic mass is 32.1. The van der Waals surface area contributed by atoms with Gasteiger partial charge in [0.15, 0.2) is 6.61 Å². The molecule has 2 rings (SSSR count). The lowest BCUT2D eigenvalue weighted by Crippen LogP contribution is -2.30. The second-order valence-corrected chi connectivity index (χ2v) is 6.81. The summed E-state index contributed by atoms with van der Waals surface area (Å²) in [4.78, 5) is 25.6. The van der Waals surface area contributed by atoms with Crippen molar-refractivity contribution in [1.29, 1.82) is 0 Å². The van der Waals surface area contributed by atoms with Crippen LogP contribution in [0.1, 0.15) is 25.7 Å². The summed E-state index contributed by atoms with van der Waals surface area (Å²) < 4.78 is 10.2. The van der Waals surface area contributed by atoms with E-state index in [-0.39, 0.29) is 12.5 Å². The minimum absolute atomic E-state index is 0.268. The second-order valence-electron chi connectivity index (χ2n) is 5.35. The van der Waals surface area contributed by atoms with E-state index in [0.29, 0.717) is 18.5 Å². The van der Waals surface area contributed by atoms with E-state index in [9.17, 15) is 9.59 Å². The normalized spacial score (nSPS) is 10.3. The van der Waals surface area contributed by atoms with Crippen molar-refractivity contribution in [1.82, 2.24) is 5.32 Å². The van der Waals surface area contributed by atoms with E-state index in [4.69, 9.17) is 9.47 Å². The van der Waals surface area contributed by atoms with Crippen molar-refractivity contribution in [2.45, 2.75) is 20.3 Å². The summed E-state index contributed by atoms with van der Waals surface area (Å²) in [6.07, 6.45) is 0.701. The summed E-state index contributed by atoms with van der Waals surface area (Å²) in [7, 11) is 1.62. The van der Waals surface area contributed by atoms with E-state index in [1.807, 2.05) is 38.1 Å². The third-order valence-corrected chi connectivity index (χ3v) is 4.46. The molecule has 2 aromatic rings. The van der Waals surface area contributed by atoms with Crippen LogP contribution in [0.4, 0.5) is 0 Å². The first-order valence-electron chi connectivity index (χ1n) is 7.63. The molecule has 1 amide bonds. The minimum atomic E-state index is -0.456. The maximum atomic E-state index is 11.9. The number of ether oxygens (including phenoxy) is 2. The zero-order valence-corrected chi connectivity index (χ0v) is 14.9. The SMILES string of the molecule is COc1ccc(CCNC(=O)COC(=O)c2cc(C)sc2C)cc1. The number of hydrogen-bond donors (Lipinski definition) is 1. The van der Waals surface area contributed by atoms with Crippen LogP contribution in [0, 0.1) is 13.8 Å². The van der Waals surface area contributed by atoms with Crippen molar-refractivity contribution in [3.8, 4) is 5.75 Å². The predicted octanol–water partition coefficient (Wildman–Crippen LogP) is 2.89. The van der Waals surface area contributed by atoms with Crippen LogP contribution in [-0.2, 0) is 16.0 Å². The van der Waals surface area contributed by atoms with E-state index in [1.165, 1.54) is 11.3 Å². The van der Waals surface area contributed by atoms with E-state index < -0.39 is 5.97 Å². The van der Waals surface area contributed by atoms with Gasteiger partial charge in [0, 0.05) is 16.3 Å². The van der Waals surface area contributed by atoms with E-state index in [1.54, 1.807) is 13.2 Å². The molecule has 0 spiro atoms. The lowest BCUT2D eigenvalue weighted by molar-refractivity contribution is -0.124. The summed E-state index contributed by atoms with van der Waals surface area (Å²) in [5.74, 6) is 0.0391.